The van der Waals surface area contributed by atoms with Gasteiger partial charge in [-0.15, -0.1) is 11.3 Å². The van der Waals surface area contributed by atoms with Gasteiger partial charge in [0.15, 0.2) is 18.1 Å². The van der Waals surface area contributed by atoms with E-state index in [0.29, 0.717) is 24.5 Å². The Kier molecular flexibility index (Phi) is 5.90. The van der Waals surface area contributed by atoms with Gasteiger partial charge in [0.2, 0.25) is 0 Å². The van der Waals surface area contributed by atoms with Crippen molar-refractivity contribution >= 4 is 33.4 Å². The molecule has 0 spiro atoms. The van der Waals surface area contributed by atoms with E-state index >= 15 is 0 Å². The van der Waals surface area contributed by atoms with E-state index in [4.69, 9.17) is 14.2 Å². The van der Waals surface area contributed by atoms with E-state index < -0.39 is 5.97 Å². The zero-order chi connectivity index (χ0) is 20.1. The number of ether oxygens (including phenoxy) is 3. The average molecular weight is 412 g/mol. The van der Waals surface area contributed by atoms with Crippen LogP contribution in [0.2, 0.25) is 0 Å². The van der Waals surface area contributed by atoms with Gasteiger partial charge in [0.1, 0.15) is 12.7 Å². The zero-order valence-electron chi connectivity index (χ0n) is 15.6. The summed E-state index contributed by atoms with van der Waals surface area (Å²) in [7, 11) is 0. The van der Waals surface area contributed by atoms with E-state index in [2.05, 4.69) is 10.3 Å². The van der Waals surface area contributed by atoms with Crippen LogP contribution in [0.25, 0.3) is 10.2 Å². The van der Waals surface area contributed by atoms with E-state index in [1.54, 1.807) is 11.3 Å². The Labute approximate surface area is 171 Å². The molecule has 0 radical (unpaired) electrons. The van der Waals surface area contributed by atoms with Crippen molar-refractivity contribution in [1.82, 2.24) is 10.3 Å². The second-order valence-electron chi connectivity index (χ2n) is 6.54. The zero-order valence-corrected chi connectivity index (χ0v) is 16.4. The van der Waals surface area contributed by atoms with Gasteiger partial charge >= 0.3 is 5.97 Å². The van der Waals surface area contributed by atoms with Gasteiger partial charge in [0, 0.05) is 6.42 Å². The molecule has 0 saturated heterocycles. The molecule has 2 heterocycles. The summed E-state index contributed by atoms with van der Waals surface area (Å²) in [5.74, 6) is 0.544. The summed E-state index contributed by atoms with van der Waals surface area (Å²) in [6.45, 7) is 0.304. The SMILES string of the molecule is O=C(COC(=O)CCc1nc2ccccc2s1)NC[C@H]1COc2ccccc2O1. The third kappa shape index (κ3) is 5.03. The molecule has 1 N–H and O–H groups in total. The lowest BCUT2D eigenvalue weighted by Crippen LogP contribution is -2.42. The van der Waals surface area contributed by atoms with Crippen LogP contribution in [0.4, 0.5) is 0 Å². The number of aromatic nitrogens is 1. The second-order valence-corrected chi connectivity index (χ2v) is 7.65. The number of nitrogens with one attached hydrogen (secondary N) is 1. The quantitative estimate of drug-likeness (QED) is 0.601. The van der Waals surface area contributed by atoms with E-state index in [1.807, 2.05) is 48.5 Å². The molecule has 1 aliphatic heterocycles. The lowest BCUT2D eigenvalue weighted by Gasteiger charge is -2.26. The number of carbonyl (C=O) groups is 2. The molecule has 150 valence electrons. The highest BCUT2D eigenvalue weighted by Gasteiger charge is 2.21. The summed E-state index contributed by atoms with van der Waals surface area (Å²) >= 11 is 1.56. The van der Waals surface area contributed by atoms with Gasteiger partial charge in [-0.25, -0.2) is 4.98 Å². The molecular weight excluding hydrogens is 392 g/mol. The lowest BCUT2D eigenvalue weighted by molar-refractivity contribution is -0.148. The fraction of sp³-hybridized carbons (Fsp3) is 0.286. The van der Waals surface area contributed by atoms with Crippen LogP contribution in [0.5, 0.6) is 11.5 Å². The Morgan fingerprint density at radius 1 is 1.14 bits per heavy atom. The number of amides is 1. The van der Waals surface area contributed by atoms with Crippen LogP contribution < -0.4 is 14.8 Å². The fourth-order valence-electron chi connectivity index (χ4n) is 2.90. The standard InChI is InChI=1S/C21H20N2O5S/c24-19(22-11-14-12-26-16-6-2-3-7-17(16)28-14)13-27-21(25)10-9-20-23-15-5-1-4-8-18(15)29-20/h1-8,14H,9-13H2,(H,22,24)/t14-/m0/s1. The molecule has 1 amide bonds. The molecule has 0 bridgehead atoms. The van der Waals surface area contributed by atoms with Gasteiger partial charge in [-0.3, -0.25) is 9.59 Å². The Bertz CT molecular complexity index is 986. The minimum atomic E-state index is -0.425. The number of carbonyl (C=O) groups excluding carboxylic acids is 2. The van der Waals surface area contributed by atoms with E-state index in [1.165, 1.54) is 0 Å². The van der Waals surface area contributed by atoms with Crippen molar-refractivity contribution in [1.29, 1.82) is 0 Å². The molecule has 2 aromatic carbocycles. The first-order valence-electron chi connectivity index (χ1n) is 9.32. The number of hydrogen-bond acceptors (Lipinski definition) is 7. The molecule has 0 unspecified atom stereocenters. The normalized spacial score (nSPS) is 15.1. The first-order chi connectivity index (χ1) is 14.2. The summed E-state index contributed by atoms with van der Waals surface area (Å²) in [6, 6.07) is 15.2. The van der Waals surface area contributed by atoms with Crippen molar-refractivity contribution in [2.45, 2.75) is 18.9 Å². The highest BCUT2D eigenvalue weighted by atomic mass is 32.1. The number of fused-ring (bicyclic) bond motifs is 2. The van der Waals surface area contributed by atoms with E-state index in [0.717, 1.165) is 15.2 Å². The number of hydrogen-bond donors (Lipinski definition) is 1. The Balaban J connectivity index is 1.15. The lowest BCUT2D eigenvalue weighted by atomic mass is 10.2. The molecule has 4 rings (SSSR count). The van der Waals surface area contributed by atoms with Gasteiger partial charge < -0.3 is 19.5 Å². The summed E-state index contributed by atoms with van der Waals surface area (Å²) in [4.78, 5) is 28.3. The minimum absolute atomic E-state index is 0.184. The van der Waals surface area contributed by atoms with E-state index in [9.17, 15) is 9.59 Å². The van der Waals surface area contributed by atoms with Crippen molar-refractivity contribution in [3.05, 3.63) is 53.5 Å². The Morgan fingerprint density at radius 3 is 2.79 bits per heavy atom. The van der Waals surface area contributed by atoms with Gasteiger partial charge in [0.25, 0.3) is 5.91 Å². The van der Waals surface area contributed by atoms with Crippen LogP contribution in [0.3, 0.4) is 0 Å². The summed E-state index contributed by atoms with van der Waals surface area (Å²) in [5, 5.41) is 3.58. The first-order valence-corrected chi connectivity index (χ1v) is 10.1. The number of benzene rings is 2. The monoisotopic (exact) mass is 412 g/mol. The molecule has 1 atom stereocenters. The molecule has 0 aliphatic carbocycles. The summed E-state index contributed by atoms with van der Waals surface area (Å²) in [5.41, 5.74) is 0.928. The van der Waals surface area contributed by atoms with E-state index in [-0.39, 0.29) is 31.6 Å². The number of para-hydroxylation sites is 3. The van der Waals surface area contributed by atoms with Crippen molar-refractivity contribution in [2.24, 2.45) is 0 Å². The second kappa shape index (κ2) is 8.91. The molecule has 7 nitrogen and oxygen atoms in total. The highest BCUT2D eigenvalue weighted by molar-refractivity contribution is 7.18. The van der Waals surface area contributed by atoms with Crippen LogP contribution in [0.1, 0.15) is 11.4 Å². The molecule has 3 aromatic rings. The predicted octanol–water partition coefficient (Wildman–Crippen LogP) is 2.73. The highest BCUT2D eigenvalue weighted by Crippen LogP contribution is 2.30. The van der Waals surface area contributed by atoms with Crippen molar-refractivity contribution in [3.63, 3.8) is 0 Å². The number of nitrogens with zero attached hydrogens (tertiary/aromatic N) is 1. The Hall–Kier alpha value is -3.13. The van der Waals surface area contributed by atoms with Crippen LogP contribution in [-0.4, -0.2) is 42.7 Å². The molecule has 0 fully saturated rings. The third-order valence-corrected chi connectivity index (χ3v) is 5.44. The molecule has 0 saturated carbocycles. The third-order valence-electron chi connectivity index (χ3n) is 4.34. The van der Waals surface area contributed by atoms with Crippen molar-refractivity contribution < 1.29 is 23.8 Å². The molecular formula is C21H20N2O5S. The number of rotatable bonds is 7. The average Bonchev–Trinajstić information content (AvgIpc) is 3.17. The topological polar surface area (TPSA) is 86.8 Å². The molecule has 8 heteroatoms. The fourth-order valence-corrected chi connectivity index (χ4v) is 3.86. The summed E-state index contributed by atoms with van der Waals surface area (Å²) in [6.07, 6.45) is 0.388. The van der Waals surface area contributed by atoms with Gasteiger partial charge in [-0.05, 0) is 24.3 Å². The van der Waals surface area contributed by atoms with Crippen molar-refractivity contribution in [2.75, 3.05) is 19.8 Å². The van der Waals surface area contributed by atoms with Crippen LogP contribution in [0, 0.1) is 0 Å². The Morgan fingerprint density at radius 2 is 1.93 bits per heavy atom. The van der Waals surface area contributed by atoms with Gasteiger partial charge in [-0.2, -0.15) is 0 Å². The molecule has 1 aromatic heterocycles. The van der Waals surface area contributed by atoms with Gasteiger partial charge in [-0.1, -0.05) is 24.3 Å². The number of aryl methyl sites for hydroxylation is 1. The molecule has 29 heavy (non-hydrogen) atoms. The maximum Gasteiger partial charge on any atom is 0.306 e. The number of esters is 1. The first kappa shape index (κ1) is 19.2. The predicted molar refractivity (Wildman–Crippen MR) is 108 cm³/mol. The van der Waals surface area contributed by atoms with Crippen LogP contribution >= 0.6 is 11.3 Å². The van der Waals surface area contributed by atoms with Gasteiger partial charge in [0.05, 0.1) is 28.2 Å². The maximum atomic E-state index is 11.9. The van der Waals surface area contributed by atoms with Crippen LogP contribution in [-0.2, 0) is 20.7 Å². The number of thiazole rings is 1. The largest absolute Gasteiger partial charge is 0.486 e. The summed E-state index contributed by atoms with van der Waals surface area (Å²) < 4.78 is 17.5. The maximum absolute atomic E-state index is 11.9. The van der Waals surface area contributed by atoms with Crippen LogP contribution in [0.15, 0.2) is 48.5 Å². The minimum Gasteiger partial charge on any atom is -0.486 e. The molecule has 1 aliphatic rings. The smallest absolute Gasteiger partial charge is 0.306 e. The van der Waals surface area contributed by atoms with Crippen molar-refractivity contribution in [3.8, 4) is 11.5 Å².